The fourth-order valence-corrected chi connectivity index (χ4v) is 1.78. The van der Waals surface area contributed by atoms with Crippen LogP contribution in [0.2, 0.25) is 0 Å². The van der Waals surface area contributed by atoms with Gasteiger partial charge in [-0.3, -0.25) is 5.84 Å². The summed E-state index contributed by atoms with van der Waals surface area (Å²) in [7, 11) is 0. The van der Waals surface area contributed by atoms with Crippen LogP contribution in [0.3, 0.4) is 0 Å². The number of hydrazine groups is 1. The Kier molecular flexibility index (Phi) is 3.25. The fraction of sp³-hybridized carbons (Fsp3) is 0.154. The molecule has 4 heteroatoms. The molecule has 0 aliphatic rings. The van der Waals surface area contributed by atoms with E-state index in [9.17, 15) is 0 Å². The minimum Gasteiger partial charge on any atom is -0.384 e. The first kappa shape index (κ1) is 11.4. The number of benzene rings is 1. The molecular weight excluding hydrogens is 212 g/mol. The molecule has 0 bridgehead atoms. The third-order valence-corrected chi connectivity index (χ3v) is 2.76. The first-order chi connectivity index (χ1) is 8.24. The first-order valence-electron chi connectivity index (χ1n) is 5.56. The monoisotopic (exact) mass is 228 g/mol. The van der Waals surface area contributed by atoms with Crippen molar-refractivity contribution in [1.82, 2.24) is 4.98 Å². The van der Waals surface area contributed by atoms with Crippen molar-refractivity contribution in [3.05, 3.63) is 42.1 Å². The maximum absolute atomic E-state index is 5.57. The highest BCUT2D eigenvalue weighted by Gasteiger charge is 2.03. The summed E-state index contributed by atoms with van der Waals surface area (Å²) in [6, 6.07) is 9.87. The highest BCUT2D eigenvalue weighted by molar-refractivity contribution is 5.68. The lowest BCUT2D eigenvalue weighted by Crippen LogP contribution is -2.08. The topological polar surface area (TPSA) is 77.0 Å². The second-order valence-electron chi connectivity index (χ2n) is 3.84. The summed E-state index contributed by atoms with van der Waals surface area (Å²) in [6.07, 6.45) is 2.70. The van der Waals surface area contributed by atoms with Gasteiger partial charge in [-0.15, -0.1) is 0 Å². The maximum Gasteiger partial charge on any atom is 0.123 e. The molecule has 2 aromatic rings. The van der Waals surface area contributed by atoms with E-state index in [1.165, 1.54) is 5.56 Å². The van der Waals surface area contributed by atoms with Crippen molar-refractivity contribution < 1.29 is 0 Å². The van der Waals surface area contributed by atoms with Gasteiger partial charge in [0, 0.05) is 11.8 Å². The van der Waals surface area contributed by atoms with E-state index in [4.69, 9.17) is 11.6 Å². The lowest BCUT2D eigenvalue weighted by atomic mass is 10.0. The van der Waals surface area contributed by atoms with E-state index < -0.39 is 0 Å². The SMILES string of the molecule is CCc1cc(-c2ccc(N)nc2)ccc1NN. The number of hydrogen-bond acceptors (Lipinski definition) is 4. The van der Waals surface area contributed by atoms with Crippen LogP contribution in [0.15, 0.2) is 36.5 Å². The number of anilines is 2. The number of hydrogen-bond donors (Lipinski definition) is 3. The van der Waals surface area contributed by atoms with Gasteiger partial charge >= 0.3 is 0 Å². The lowest BCUT2D eigenvalue weighted by molar-refractivity contribution is 1.13. The number of nitrogens with two attached hydrogens (primary N) is 2. The van der Waals surface area contributed by atoms with Gasteiger partial charge in [-0.1, -0.05) is 13.0 Å². The van der Waals surface area contributed by atoms with Crippen LogP contribution < -0.4 is 17.0 Å². The van der Waals surface area contributed by atoms with Gasteiger partial charge in [0.15, 0.2) is 0 Å². The van der Waals surface area contributed by atoms with Crippen molar-refractivity contribution in [2.24, 2.45) is 5.84 Å². The van der Waals surface area contributed by atoms with Crippen molar-refractivity contribution in [2.75, 3.05) is 11.2 Å². The molecule has 0 spiro atoms. The molecule has 88 valence electrons. The molecule has 0 amide bonds. The summed E-state index contributed by atoms with van der Waals surface area (Å²) in [5, 5.41) is 0. The molecule has 0 saturated carbocycles. The van der Waals surface area contributed by atoms with E-state index in [2.05, 4.69) is 23.4 Å². The zero-order valence-corrected chi connectivity index (χ0v) is 9.77. The smallest absolute Gasteiger partial charge is 0.123 e. The number of rotatable bonds is 3. The normalized spacial score (nSPS) is 10.2. The van der Waals surface area contributed by atoms with Crippen molar-refractivity contribution in [1.29, 1.82) is 0 Å². The van der Waals surface area contributed by atoms with Gasteiger partial charge in [-0.2, -0.15) is 0 Å². The second-order valence-corrected chi connectivity index (χ2v) is 3.84. The van der Waals surface area contributed by atoms with E-state index in [0.717, 1.165) is 23.2 Å². The van der Waals surface area contributed by atoms with Gasteiger partial charge in [-0.05, 0) is 41.8 Å². The Morgan fingerprint density at radius 3 is 2.53 bits per heavy atom. The van der Waals surface area contributed by atoms with E-state index >= 15 is 0 Å². The molecule has 0 aliphatic carbocycles. The van der Waals surface area contributed by atoms with E-state index in [1.807, 2.05) is 18.2 Å². The predicted molar refractivity (Wildman–Crippen MR) is 71.3 cm³/mol. The molecule has 0 fully saturated rings. The van der Waals surface area contributed by atoms with Crippen LogP contribution >= 0.6 is 0 Å². The summed E-state index contributed by atoms with van der Waals surface area (Å²) in [5.41, 5.74) is 12.6. The van der Waals surface area contributed by atoms with Crippen LogP contribution in [0, 0.1) is 0 Å². The summed E-state index contributed by atoms with van der Waals surface area (Å²) < 4.78 is 0. The van der Waals surface area contributed by atoms with Crippen LogP contribution in [0.1, 0.15) is 12.5 Å². The van der Waals surface area contributed by atoms with E-state index in [-0.39, 0.29) is 0 Å². The Morgan fingerprint density at radius 2 is 1.94 bits per heavy atom. The Hall–Kier alpha value is -2.07. The average Bonchev–Trinajstić information content (AvgIpc) is 2.39. The molecule has 0 saturated heterocycles. The molecule has 4 nitrogen and oxygen atoms in total. The van der Waals surface area contributed by atoms with Gasteiger partial charge in [0.25, 0.3) is 0 Å². The molecular formula is C13H16N4. The molecule has 0 unspecified atom stereocenters. The number of aromatic nitrogens is 1. The van der Waals surface area contributed by atoms with Gasteiger partial charge in [-0.25, -0.2) is 4.98 Å². The van der Waals surface area contributed by atoms with Crippen LogP contribution in [0.5, 0.6) is 0 Å². The van der Waals surface area contributed by atoms with Crippen LogP contribution in [-0.2, 0) is 6.42 Å². The summed E-state index contributed by atoms with van der Waals surface area (Å²) >= 11 is 0. The molecule has 0 atom stereocenters. The molecule has 17 heavy (non-hydrogen) atoms. The number of nitrogens with zero attached hydrogens (tertiary/aromatic N) is 1. The molecule has 2 rings (SSSR count). The zero-order chi connectivity index (χ0) is 12.3. The van der Waals surface area contributed by atoms with E-state index in [1.54, 1.807) is 12.3 Å². The number of nitrogens with one attached hydrogen (secondary N) is 1. The number of pyridine rings is 1. The number of aryl methyl sites for hydroxylation is 1. The van der Waals surface area contributed by atoms with Crippen LogP contribution in [0.25, 0.3) is 11.1 Å². The van der Waals surface area contributed by atoms with Gasteiger partial charge < -0.3 is 11.2 Å². The first-order valence-corrected chi connectivity index (χ1v) is 5.56. The molecule has 0 radical (unpaired) electrons. The third kappa shape index (κ3) is 2.37. The van der Waals surface area contributed by atoms with Crippen molar-refractivity contribution in [2.45, 2.75) is 13.3 Å². The Bertz CT molecular complexity index is 505. The van der Waals surface area contributed by atoms with Crippen molar-refractivity contribution in [3.8, 4) is 11.1 Å². The fourth-order valence-electron chi connectivity index (χ4n) is 1.78. The van der Waals surface area contributed by atoms with Gasteiger partial charge in [0.2, 0.25) is 0 Å². The third-order valence-electron chi connectivity index (χ3n) is 2.76. The summed E-state index contributed by atoms with van der Waals surface area (Å²) in [5.74, 6) is 5.99. The van der Waals surface area contributed by atoms with Crippen molar-refractivity contribution in [3.63, 3.8) is 0 Å². The molecule has 5 N–H and O–H groups in total. The zero-order valence-electron chi connectivity index (χ0n) is 9.77. The quantitative estimate of drug-likeness (QED) is 0.556. The minimum atomic E-state index is 0.532. The van der Waals surface area contributed by atoms with Crippen LogP contribution in [-0.4, -0.2) is 4.98 Å². The Labute approximate surface area is 101 Å². The summed E-state index contributed by atoms with van der Waals surface area (Å²) in [6.45, 7) is 2.10. The highest BCUT2D eigenvalue weighted by Crippen LogP contribution is 2.25. The Balaban J connectivity index is 2.42. The van der Waals surface area contributed by atoms with Gasteiger partial charge in [0.05, 0.1) is 5.69 Å². The van der Waals surface area contributed by atoms with E-state index in [0.29, 0.717) is 5.82 Å². The Morgan fingerprint density at radius 1 is 1.18 bits per heavy atom. The minimum absolute atomic E-state index is 0.532. The average molecular weight is 228 g/mol. The molecule has 1 aromatic carbocycles. The standard InChI is InChI=1S/C13H16N4/c1-2-9-7-10(3-5-12(9)17-15)11-4-6-13(14)16-8-11/h3-8,17H,2,15H2,1H3,(H2,14,16). The molecule has 0 aliphatic heterocycles. The van der Waals surface area contributed by atoms with Crippen molar-refractivity contribution >= 4 is 11.5 Å². The molecule has 1 heterocycles. The lowest BCUT2D eigenvalue weighted by Gasteiger charge is -2.09. The number of nitrogen functional groups attached to an aromatic ring is 2. The maximum atomic E-state index is 5.57. The highest BCUT2D eigenvalue weighted by atomic mass is 15.2. The predicted octanol–water partition coefficient (Wildman–Crippen LogP) is 2.18. The molecule has 1 aromatic heterocycles. The largest absolute Gasteiger partial charge is 0.384 e. The van der Waals surface area contributed by atoms with Gasteiger partial charge in [0.1, 0.15) is 5.82 Å². The summed E-state index contributed by atoms with van der Waals surface area (Å²) in [4.78, 5) is 4.09. The van der Waals surface area contributed by atoms with Crippen LogP contribution in [0.4, 0.5) is 11.5 Å². The second kappa shape index (κ2) is 4.84.